The van der Waals surface area contributed by atoms with Crippen molar-refractivity contribution in [2.45, 2.75) is 50.1 Å². The number of aromatic amines is 3. The second-order valence-corrected chi connectivity index (χ2v) is 28.5. The van der Waals surface area contributed by atoms with Gasteiger partial charge in [0, 0.05) is 109 Å². The lowest BCUT2D eigenvalue weighted by molar-refractivity contribution is 0.0603. The highest BCUT2D eigenvalue weighted by Gasteiger charge is 2.23. The number of esters is 1. The summed E-state index contributed by atoms with van der Waals surface area (Å²) in [5.74, 6) is 0.480. The van der Waals surface area contributed by atoms with Gasteiger partial charge in [0.2, 0.25) is 5.28 Å². The van der Waals surface area contributed by atoms with E-state index in [4.69, 9.17) is 21.1 Å². The van der Waals surface area contributed by atoms with Crippen molar-refractivity contribution in [2.24, 2.45) is 0 Å². The number of aryl methyl sites for hydroxylation is 3. The van der Waals surface area contributed by atoms with Gasteiger partial charge in [0.25, 0.3) is 20.0 Å². The maximum atomic E-state index is 12.8. The first kappa shape index (κ1) is 67.8. The van der Waals surface area contributed by atoms with Crippen molar-refractivity contribution < 1.29 is 31.1 Å². The molecule has 0 bridgehead atoms. The molecular formula is C71H61Br4ClN8O7S2. The zero-order valence-corrected chi connectivity index (χ0v) is 59.3. The number of carbonyl (C=O) groups excluding carboxylic acids is 1. The van der Waals surface area contributed by atoms with Crippen LogP contribution in [-0.2, 0) is 49.1 Å². The fourth-order valence-electron chi connectivity index (χ4n) is 10.4. The summed E-state index contributed by atoms with van der Waals surface area (Å²) in [7, 11) is -5.73. The zero-order chi connectivity index (χ0) is 65.8. The molecule has 0 unspecified atom stereocenters. The molecule has 0 atom stereocenters. The zero-order valence-electron chi connectivity index (χ0n) is 50.5. The Bertz CT molecular complexity index is 5160. The average Bonchev–Trinajstić information content (AvgIpc) is 1.67. The summed E-state index contributed by atoms with van der Waals surface area (Å²) in [4.78, 5) is 30.1. The molecule has 0 amide bonds. The molecule has 15 rings (SSSR count). The second-order valence-electron chi connectivity index (χ2n) is 21.1. The summed E-state index contributed by atoms with van der Waals surface area (Å²) >= 11 is 19.8. The molecule has 0 saturated heterocycles. The van der Waals surface area contributed by atoms with Gasteiger partial charge in [-0.2, -0.15) is 0 Å². The van der Waals surface area contributed by atoms with Gasteiger partial charge in [-0.3, -0.25) is 0 Å². The maximum absolute atomic E-state index is 12.8. The summed E-state index contributed by atoms with van der Waals surface area (Å²) in [6.07, 6.45) is 4.31. The van der Waals surface area contributed by atoms with Gasteiger partial charge in [-0.15, -0.1) is 0 Å². The fraction of sp³-hybridized carbons (Fsp3) is 0.113. The molecule has 0 saturated carbocycles. The molecule has 7 heterocycles. The van der Waals surface area contributed by atoms with E-state index in [1.54, 1.807) is 92.0 Å². The second kappa shape index (κ2) is 30.8. The molecule has 14 aromatic rings. The van der Waals surface area contributed by atoms with E-state index < -0.39 is 20.0 Å². The number of carbonyl (C=O) groups is 1. The highest BCUT2D eigenvalue weighted by molar-refractivity contribution is 9.11. The highest BCUT2D eigenvalue weighted by Crippen LogP contribution is 2.32. The van der Waals surface area contributed by atoms with E-state index in [1.165, 1.54) is 48.1 Å². The van der Waals surface area contributed by atoms with Crippen molar-refractivity contribution in [1.82, 2.24) is 32.9 Å². The van der Waals surface area contributed by atoms with Gasteiger partial charge in [-0.1, -0.05) is 161 Å². The monoisotopic (exact) mass is 1550 g/mol. The topological polar surface area (TPSA) is 199 Å². The van der Waals surface area contributed by atoms with Crippen LogP contribution in [-0.4, -0.2) is 69.4 Å². The Morgan fingerprint density at radius 3 is 1.74 bits per heavy atom. The van der Waals surface area contributed by atoms with Gasteiger partial charge in [-0.25, -0.2) is 39.5 Å². The molecule has 0 aliphatic carbocycles. The van der Waals surface area contributed by atoms with Crippen LogP contribution in [0.3, 0.4) is 0 Å². The molecular weight excluding hydrogens is 1500 g/mol. The Morgan fingerprint density at radius 2 is 1.12 bits per heavy atom. The number of nitrogens with one attached hydrogen (secondary N) is 4. The lowest BCUT2D eigenvalue weighted by Crippen LogP contribution is -2.16. The van der Waals surface area contributed by atoms with Crippen molar-refractivity contribution in [3.8, 4) is 0 Å². The number of fused-ring (bicyclic) bond motifs is 6. The summed E-state index contributed by atoms with van der Waals surface area (Å²) in [6.45, 7) is 7.77. The van der Waals surface area contributed by atoms with Crippen LogP contribution in [0, 0.1) is 20.8 Å². The molecule has 1 aliphatic heterocycles. The smallest absolute Gasteiger partial charge is 0.338 e. The lowest BCUT2D eigenvalue weighted by atomic mass is 10.1. The first-order valence-corrected chi connectivity index (χ1v) is 35.4. The number of nitrogens with zero attached hydrogens (tertiary/aromatic N) is 4. The van der Waals surface area contributed by atoms with Crippen molar-refractivity contribution in [2.75, 3.05) is 19.0 Å². The third-order valence-electron chi connectivity index (χ3n) is 14.7. The standard InChI is InChI=1S/C15H12BrNO2S.C14H10BrNO2S.C14H14ClN3O.C11H11NO2.C9H8BrN.C8H6BrN/c1-11-10-13-14(16)8-5-9-15(13)17(11)20(18,19)12-6-3-2-4-7-12;15-13-7-4-8-14-12(13)9-10-16(14)19(17,18)11-5-2-1-3-6-11;15-14-17-12-6-7-19-9-11(12)13(18-14)16-8-10-4-2-1-3-5-10;1-7-6-9-8(11(13)14-2)4-3-5-10(9)12-7;1-6-5-7-8(10)3-2-4-9(7)11-6;9-7-2-1-3-8-6(7)4-5-10-8/h2-10H,1H3;1-10H;1-5H,6-9H2,(H,16,17,18);3-6,12H,1-2H3;2-5,11H,1H3;1-5,10H. The van der Waals surface area contributed by atoms with Gasteiger partial charge in [-0.05, 0) is 153 Å². The number of rotatable bonds is 8. The molecule has 8 aromatic carbocycles. The van der Waals surface area contributed by atoms with Crippen LogP contribution >= 0.6 is 75.3 Å². The number of anilines is 1. The Hall–Kier alpha value is -8.12. The Balaban J connectivity index is 0.000000124. The number of methoxy groups -OCH3 is 1. The molecule has 0 radical (unpaired) electrons. The molecule has 22 heteroatoms. The fourth-order valence-corrected chi connectivity index (χ4v) is 15.4. The molecule has 474 valence electrons. The minimum absolute atomic E-state index is 0.285. The van der Waals surface area contributed by atoms with Crippen LogP contribution in [0.15, 0.2) is 252 Å². The van der Waals surface area contributed by atoms with Gasteiger partial charge >= 0.3 is 5.97 Å². The predicted molar refractivity (Wildman–Crippen MR) is 387 cm³/mol. The van der Waals surface area contributed by atoms with Crippen molar-refractivity contribution in [1.29, 1.82) is 0 Å². The van der Waals surface area contributed by atoms with E-state index in [1.807, 2.05) is 104 Å². The van der Waals surface area contributed by atoms with E-state index in [0.717, 1.165) is 68.8 Å². The highest BCUT2D eigenvalue weighted by atomic mass is 79.9. The lowest BCUT2D eigenvalue weighted by Gasteiger charge is -2.19. The molecule has 0 fully saturated rings. The van der Waals surface area contributed by atoms with Crippen LogP contribution < -0.4 is 5.32 Å². The number of hydrogen-bond acceptors (Lipinski definition) is 10. The normalized spacial score (nSPS) is 11.8. The summed E-state index contributed by atoms with van der Waals surface area (Å²) in [6, 6.07) is 65.7. The largest absolute Gasteiger partial charge is 0.465 e. The quantitative estimate of drug-likeness (QED) is 0.0838. The molecule has 6 aromatic heterocycles. The minimum atomic E-state index is -3.57. The first-order chi connectivity index (χ1) is 44.8. The van der Waals surface area contributed by atoms with Gasteiger partial charge in [0.1, 0.15) is 5.82 Å². The van der Waals surface area contributed by atoms with Crippen molar-refractivity contribution in [3.63, 3.8) is 0 Å². The average molecular weight is 1560 g/mol. The molecule has 93 heavy (non-hydrogen) atoms. The van der Waals surface area contributed by atoms with Crippen molar-refractivity contribution >= 4 is 162 Å². The van der Waals surface area contributed by atoms with E-state index in [2.05, 4.69) is 143 Å². The van der Waals surface area contributed by atoms with Gasteiger partial charge < -0.3 is 29.7 Å². The van der Waals surface area contributed by atoms with Crippen LogP contribution in [0.25, 0.3) is 54.5 Å². The van der Waals surface area contributed by atoms with Crippen LogP contribution in [0.4, 0.5) is 5.82 Å². The summed E-state index contributed by atoms with van der Waals surface area (Å²) < 4.78 is 67.6. The number of hydrogen-bond donors (Lipinski definition) is 4. The van der Waals surface area contributed by atoms with Crippen LogP contribution in [0.5, 0.6) is 0 Å². The molecule has 15 nitrogen and oxygen atoms in total. The first-order valence-electron chi connectivity index (χ1n) is 29.0. The predicted octanol–water partition coefficient (Wildman–Crippen LogP) is 18.8. The van der Waals surface area contributed by atoms with Gasteiger partial charge in [0.15, 0.2) is 0 Å². The van der Waals surface area contributed by atoms with E-state index in [9.17, 15) is 21.6 Å². The maximum Gasteiger partial charge on any atom is 0.338 e. The van der Waals surface area contributed by atoms with E-state index in [-0.39, 0.29) is 16.1 Å². The minimum Gasteiger partial charge on any atom is -0.465 e. The Labute approximate surface area is 577 Å². The van der Waals surface area contributed by atoms with Crippen LogP contribution in [0.2, 0.25) is 5.28 Å². The van der Waals surface area contributed by atoms with Gasteiger partial charge in [0.05, 0.1) is 52.4 Å². The number of aromatic nitrogens is 7. The number of benzene rings is 8. The Morgan fingerprint density at radius 1 is 0.581 bits per heavy atom. The third-order valence-corrected chi connectivity index (χ3v) is 21.2. The SMILES string of the molecule is Brc1cccc2[nH]ccc12.COC(=O)c1cccc2[nH]c(C)cc12.Cc1cc2c(Br)cccc2[nH]1.Cc1cc2c(Br)cccc2n1S(=O)(=O)c1ccccc1.Clc1nc2c(c(NCc3ccccc3)n1)COCC2.O=S(=O)(c1ccccc1)n1ccc2c(Br)cccc21. The molecule has 4 N–H and O–H groups in total. The molecule has 1 aliphatic rings. The van der Waals surface area contributed by atoms with E-state index in [0.29, 0.717) is 46.9 Å². The number of H-pyrrole nitrogens is 3. The number of halogens is 5. The summed E-state index contributed by atoms with van der Waals surface area (Å²) in [5, 5.41) is 8.78. The summed E-state index contributed by atoms with van der Waals surface area (Å²) in [5.41, 5.74) is 11.4. The Kier molecular flexibility index (Phi) is 22.4. The third kappa shape index (κ3) is 16.1. The molecule has 0 spiro atoms. The van der Waals surface area contributed by atoms with Crippen molar-refractivity contribution in [3.05, 3.63) is 287 Å². The van der Waals surface area contributed by atoms with E-state index >= 15 is 0 Å². The van der Waals surface area contributed by atoms with Crippen LogP contribution in [0.1, 0.15) is 44.3 Å². The number of ether oxygens (including phenoxy) is 2.